The van der Waals surface area contributed by atoms with Gasteiger partial charge < -0.3 is 4.57 Å². The van der Waals surface area contributed by atoms with Crippen LogP contribution in [0.5, 0.6) is 0 Å². The van der Waals surface area contributed by atoms with E-state index in [1.54, 1.807) is 0 Å². The van der Waals surface area contributed by atoms with Crippen LogP contribution in [0.1, 0.15) is 0 Å². The average Bonchev–Trinajstić information content (AvgIpc) is 3.55. The highest BCUT2D eigenvalue weighted by Gasteiger charge is 2.22. The van der Waals surface area contributed by atoms with Gasteiger partial charge in [0.1, 0.15) is 0 Å². The first kappa shape index (κ1) is 29.0. The molecule has 10 rings (SSSR count). The Balaban J connectivity index is 1.35. The highest BCUT2D eigenvalue weighted by molar-refractivity contribution is 6.13. The minimum absolute atomic E-state index is 0.631. The molecule has 0 N–H and O–H groups in total. The number of hydrogen-bond acceptors (Lipinski definition) is 3. The van der Waals surface area contributed by atoms with Crippen LogP contribution in [0.25, 0.3) is 94.3 Å². The maximum atomic E-state index is 5.21. The molecule has 4 heteroatoms. The van der Waals surface area contributed by atoms with Gasteiger partial charge >= 0.3 is 0 Å². The molecule has 0 aliphatic carbocycles. The smallest absolute Gasteiger partial charge is 0.164 e. The predicted octanol–water partition coefficient (Wildman–Crippen LogP) is 11.9. The van der Waals surface area contributed by atoms with E-state index in [0.29, 0.717) is 17.5 Å². The first-order valence-corrected chi connectivity index (χ1v) is 17.2. The van der Waals surface area contributed by atoms with Crippen LogP contribution in [0.4, 0.5) is 0 Å². The van der Waals surface area contributed by atoms with Crippen LogP contribution in [-0.4, -0.2) is 19.5 Å². The molecule has 10 aromatic rings. The number of rotatable bonds is 5. The van der Waals surface area contributed by atoms with E-state index < -0.39 is 0 Å². The molecule has 4 nitrogen and oxygen atoms in total. The Morgan fingerprint density at radius 2 is 0.824 bits per heavy atom. The van der Waals surface area contributed by atoms with E-state index in [9.17, 15) is 0 Å². The number of nitrogens with zero attached hydrogens (tertiary/aromatic N) is 4. The van der Waals surface area contributed by atoms with Gasteiger partial charge in [-0.1, -0.05) is 158 Å². The van der Waals surface area contributed by atoms with Crippen LogP contribution in [0.2, 0.25) is 0 Å². The van der Waals surface area contributed by atoms with Crippen LogP contribution in [0.3, 0.4) is 0 Å². The van der Waals surface area contributed by atoms with Crippen LogP contribution in [0, 0.1) is 0 Å². The zero-order valence-electron chi connectivity index (χ0n) is 27.6. The van der Waals surface area contributed by atoms with E-state index >= 15 is 0 Å². The molecule has 0 bridgehead atoms. The summed E-state index contributed by atoms with van der Waals surface area (Å²) in [4.78, 5) is 15.4. The monoisotopic (exact) mass is 650 g/mol. The Hall–Kier alpha value is -6.91. The summed E-state index contributed by atoms with van der Waals surface area (Å²) >= 11 is 0. The molecule has 0 radical (unpaired) electrons. The maximum absolute atomic E-state index is 5.21. The molecule has 51 heavy (non-hydrogen) atoms. The van der Waals surface area contributed by atoms with E-state index in [-0.39, 0.29) is 0 Å². The van der Waals surface area contributed by atoms with Gasteiger partial charge in [-0.25, -0.2) is 15.0 Å². The van der Waals surface area contributed by atoms with E-state index in [1.165, 1.54) is 21.5 Å². The minimum Gasteiger partial charge on any atom is -0.309 e. The van der Waals surface area contributed by atoms with Crippen LogP contribution >= 0.6 is 0 Å². The number of para-hydroxylation sites is 2. The zero-order valence-corrected chi connectivity index (χ0v) is 27.6. The molecule has 8 aromatic carbocycles. The van der Waals surface area contributed by atoms with E-state index in [0.717, 1.165) is 55.3 Å². The number of fused-ring (bicyclic) bond motifs is 5. The summed E-state index contributed by atoms with van der Waals surface area (Å²) in [6.45, 7) is 0. The predicted molar refractivity (Wildman–Crippen MR) is 211 cm³/mol. The summed E-state index contributed by atoms with van der Waals surface area (Å²) in [5.74, 6) is 1.91. The van der Waals surface area contributed by atoms with Crippen LogP contribution in [0.15, 0.2) is 182 Å². The van der Waals surface area contributed by atoms with Crippen molar-refractivity contribution >= 4 is 43.4 Å². The molecule has 238 valence electrons. The maximum Gasteiger partial charge on any atom is 0.164 e. The van der Waals surface area contributed by atoms with Gasteiger partial charge in [0, 0.05) is 33.0 Å². The lowest BCUT2D eigenvalue weighted by Crippen LogP contribution is -2.03. The second-order valence-electron chi connectivity index (χ2n) is 12.8. The summed E-state index contributed by atoms with van der Waals surface area (Å²) in [5, 5.41) is 7.05. The Kier molecular flexibility index (Phi) is 6.78. The lowest BCUT2D eigenvalue weighted by Gasteiger charge is -2.20. The second-order valence-corrected chi connectivity index (χ2v) is 12.8. The highest BCUT2D eigenvalue weighted by Crippen LogP contribution is 2.44. The van der Waals surface area contributed by atoms with E-state index in [1.807, 2.05) is 36.4 Å². The SMILES string of the molecule is c1ccc(-c2nc(-c3ccccc3)nc(-c3cc(-n4c5ccccc5c5ccccc54)c(-c4ccc5ccccc5c4)c4ccccc34)n2)cc1. The van der Waals surface area contributed by atoms with Gasteiger partial charge in [-0.3, -0.25) is 0 Å². The molecule has 0 spiro atoms. The minimum atomic E-state index is 0.631. The molecule has 0 fully saturated rings. The normalized spacial score (nSPS) is 11.5. The Morgan fingerprint density at radius 3 is 1.45 bits per heavy atom. The van der Waals surface area contributed by atoms with Crippen molar-refractivity contribution in [2.24, 2.45) is 0 Å². The summed E-state index contributed by atoms with van der Waals surface area (Å²) in [6.07, 6.45) is 0. The van der Waals surface area contributed by atoms with Gasteiger partial charge in [0.05, 0.1) is 16.7 Å². The van der Waals surface area contributed by atoms with E-state index in [4.69, 9.17) is 15.0 Å². The fourth-order valence-electron chi connectivity index (χ4n) is 7.48. The molecule has 0 aliphatic rings. The summed E-state index contributed by atoms with van der Waals surface area (Å²) in [7, 11) is 0. The van der Waals surface area contributed by atoms with Crippen molar-refractivity contribution in [3.63, 3.8) is 0 Å². The van der Waals surface area contributed by atoms with Gasteiger partial charge in [-0.15, -0.1) is 0 Å². The molecule has 0 unspecified atom stereocenters. The quantitative estimate of drug-likeness (QED) is 0.186. The summed E-state index contributed by atoms with van der Waals surface area (Å²) in [5.41, 5.74) is 8.51. The van der Waals surface area contributed by atoms with Gasteiger partial charge in [-0.05, 0) is 51.4 Å². The summed E-state index contributed by atoms with van der Waals surface area (Å²) in [6, 6.07) is 64.0. The highest BCUT2D eigenvalue weighted by atomic mass is 15.0. The van der Waals surface area contributed by atoms with Crippen molar-refractivity contribution < 1.29 is 0 Å². The van der Waals surface area contributed by atoms with Crippen molar-refractivity contribution in [2.45, 2.75) is 0 Å². The first-order valence-electron chi connectivity index (χ1n) is 17.2. The molecule has 0 saturated heterocycles. The fraction of sp³-hybridized carbons (Fsp3) is 0. The number of benzene rings is 8. The molecular formula is C47H30N4. The average molecular weight is 651 g/mol. The Morgan fingerprint density at radius 1 is 0.333 bits per heavy atom. The summed E-state index contributed by atoms with van der Waals surface area (Å²) < 4.78 is 2.42. The van der Waals surface area contributed by atoms with Gasteiger partial charge in [0.15, 0.2) is 17.5 Å². The van der Waals surface area contributed by atoms with Crippen molar-refractivity contribution in [2.75, 3.05) is 0 Å². The van der Waals surface area contributed by atoms with Crippen LogP contribution in [-0.2, 0) is 0 Å². The second kappa shape index (κ2) is 11.9. The Bertz CT molecular complexity index is 2800. The molecule has 0 aliphatic heterocycles. The fourth-order valence-corrected chi connectivity index (χ4v) is 7.48. The lowest BCUT2D eigenvalue weighted by atomic mass is 9.91. The largest absolute Gasteiger partial charge is 0.309 e. The third-order valence-electron chi connectivity index (χ3n) is 9.82. The lowest BCUT2D eigenvalue weighted by molar-refractivity contribution is 1.07. The molecule has 0 saturated carbocycles. The van der Waals surface area contributed by atoms with Gasteiger partial charge in [-0.2, -0.15) is 0 Å². The number of aromatic nitrogens is 4. The molecule has 0 amide bonds. The first-order chi connectivity index (χ1) is 25.3. The van der Waals surface area contributed by atoms with Crippen LogP contribution < -0.4 is 0 Å². The third kappa shape index (κ3) is 4.88. The van der Waals surface area contributed by atoms with Crippen molar-refractivity contribution in [1.82, 2.24) is 19.5 Å². The van der Waals surface area contributed by atoms with Gasteiger partial charge in [0.2, 0.25) is 0 Å². The number of hydrogen-bond donors (Lipinski definition) is 0. The molecular weight excluding hydrogens is 621 g/mol. The van der Waals surface area contributed by atoms with Crippen molar-refractivity contribution in [1.29, 1.82) is 0 Å². The van der Waals surface area contributed by atoms with Crippen molar-refractivity contribution in [3.05, 3.63) is 182 Å². The van der Waals surface area contributed by atoms with Gasteiger partial charge in [0.25, 0.3) is 0 Å². The molecule has 2 aromatic heterocycles. The zero-order chi connectivity index (χ0) is 33.7. The standard InChI is InChI=1S/C47H30N4/c1-3-16-32(17-4-1)45-48-46(33-18-5-2-6-19-33)50-47(49-45)40-30-43(51-41-25-13-11-22-37(41)38-23-12-14-26-42(38)51)44(39-24-10-9-21-36(39)40)35-28-27-31-15-7-8-20-34(31)29-35/h1-30H. The third-order valence-corrected chi connectivity index (χ3v) is 9.82. The molecule has 2 heterocycles. The van der Waals surface area contributed by atoms with E-state index in [2.05, 4.69) is 150 Å². The topological polar surface area (TPSA) is 43.6 Å². The van der Waals surface area contributed by atoms with Crippen molar-refractivity contribution in [3.8, 4) is 51.0 Å². The Labute approximate surface area is 295 Å². The molecule has 0 atom stereocenters.